The predicted octanol–water partition coefficient (Wildman–Crippen LogP) is 1.05. The minimum atomic E-state index is 0.264. The molecule has 0 saturated heterocycles. The van der Waals surface area contributed by atoms with E-state index in [1.807, 2.05) is 11.1 Å². The molecule has 0 radical (unpaired) electrons. The first-order valence-electron chi connectivity index (χ1n) is 8.16. The first kappa shape index (κ1) is 14.9. The minimum absolute atomic E-state index is 0.264. The summed E-state index contributed by atoms with van der Waals surface area (Å²) in [5, 5.41) is 3.22. The van der Waals surface area contributed by atoms with Crippen molar-refractivity contribution in [2.75, 3.05) is 19.0 Å². The third-order valence-electron chi connectivity index (χ3n) is 4.39. The van der Waals surface area contributed by atoms with Crippen LogP contribution in [0.2, 0.25) is 0 Å². The highest BCUT2D eigenvalue weighted by atomic mass is 16.5. The van der Waals surface area contributed by atoms with Crippen molar-refractivity contribution < 1.29 is 9.53 Å². The monoisotopic (exact) mass is 328 g/mol. The van der Waals surface area contributed by atoms with Crippen LogP contribution in [0.15, 0.2) is 18.6 Å². The molecule has 0 atom stereocenters. The SMILES string of the molecule is COc1cc(NCc2cn3c(n2)CN(C(=O)C2CC2)CC3)ncn1. The van der Waals surface area contributed by atoms with Gasteiger partial charge in [0.05, 0.1) is 25.9 Å². The van der Waals surface area contributed by atoms with Crippen molar-refractivity contribution >= 4 is 11.7 Å². The van der Waals surface area contributed by atoms with Crippen molar-refractivity contribution in [3.63, 3.8) is 0 Å². The van der Waals surface area contributed by atoms with E-state index in [9.17, 15) is 4.79 Å². The fraction of sp³-hybridized carbons (Fsp3) is 0.500. The fourth-order valence-corrected chi connectivity index (χ4v) is 2.90. The van der Waals surface area contributed by atoms with Crippen molar-refractivity contribution in [2.45, 2.75) is 32.5 Å². The van der Waals surface area contributed by atoms with E-state index >= 15 is 0 Å². The van der Waals surface area contributed by atoms with E-state index in [0.717, 1.165) is 37.4 Å². The number of anilines is 1. The van der Waals surface area contributed by atoms with E-state index in [4.69, 9.17) is 4.74 Å². The van der Waals surface area contributed by atoms with Gasteiger partial charge in [-0.3, -0.25) is 4.79 Å². The summed E-state index contributed by atoms with van der Waals surface area (Å²) < 4.78 is 7.22. The number of carbonyl (C=O) groups is 1. The third kappa shape index (κ3) is 3.04. The Balaban J connectivity index is 1.40. The lowest BCUT2D eigenvalue weighted by Gasteiger charge is -2.27. The average molecular weight is 328 g/mol. The smallest absolute Gasteiger partial charge is 0.226 e. The number of nitrogens with one attached hydrogen (secondary N) is 1. The van der Waals surface area contributed by atoms with Crippen LogP contribution in [-0.2, 0) is 24.4 Å². The molecule has 0 spiro atoms. The molecule has 24 heavy (non-hydrogen) atoms. The largest absolute Gasteiger partial charge is 0.481 e. The Kier molecular flexibility index (Phi) is 3.79. The fourth-order valence-electron chi connectivity index (χ4n) is 2.90. The third-order valence-corrected chi connectivity index (χ3v) is 4.39. The Morgan fingerprint density at radius 2 is 2.25 bits per heavy atom. The summed E-state index contributed by atoms with van der Waals surface area (Å²) >= 11 is 0. The molecule has 0 aromatic carbocycles. The van der Waals surface area contributed by atoms with E-state index in [-0.39, 0.29) is 11.8 Å². The lowest BCUT2D eigenvalue weighted by atomic mass is 10.3. The van der Waals surface area contributed by atoms with Gasteiger partial charge in [0.1, 0.15) is 18.0 Å². The van der Waals surface area contributed by atoms with E-state index in [0.29, 0.717) is 24.8 Å². The van der Waals surface area contributed by atoms with Crippen LogP contribution in [0.3, 0.4) is 0 Å². The zero-order valence-corrected chi connectivity index (χ0v) is 13.6. The van der Waals surface area contributed by atoms with Crippen LogP contribution in [0.1, 0.15) is 24.4 Å². The maximum Gasteiger partial charge on any atom is 0.226 e. The molecule has 2 aromatic rings. The number of methoxy groups -OCH3 is 1. The number of hydrogen-bond donors (Lipinski definition) is 1. The first-order chi connectivity index (χ1) is 11.7. The average Bonchev–Trinajstić information content (AvgIpc) is 3.38. The number of ether oxygens (including phenoxy) is 1. The predicted molar refractivity (Wildman–Crippen MR) is 86.3 cm³/mol. The standard InChI is InChI=1S/C16H20N6O2/c1-24-15-6-13(18-10-19-15)17-7-12-8-21-4-5-22(9-14(21)20-12)16(23)11-2-3-11/h6,8,10-11H,2-5,7,9H2,1H3,(H,17,18,19). The number of imidazole rings is 1. The molecule has 1 N–H and O–H groups in total. The van der Waals surface area contributed by atoms with Gasteiger partial charge >= 0.3 is 0 Å². The van der Waals surface area contributed by atoms with Gasteiger partial charge in [0.2, 0.25) is 11.8 Å². The van der Waals surface area contributed by atoms with Gasteiger partial charge in [-0.05, 0) is 12.8 Å². The normalized spacial score (nSPS) is 16.6. The van der Waals surface area contributed by atoms with Crippen LogP contribution in [-0.4, -0.2) is 44.0 Å². The van der Waals surface area contributed by atoms with Gasteiger partial charge in [-0.2, -0.15) is 0 Å². The Morgan fingerprint density at radius 3 is 3.04 bits per heavy atom. The molecule has 0 unspecified atom stereocenters. The minimum Gasteiger partial charge on any atom is -0.481 e. The van der Waals surface area contributed by atoms with E-state index in [2.05, 4.69) is 24.8 Å². The Bertz CT molecular complexity index is 755. The van der Waals surface area contributed by atoms with E-state index in [1.54, 1.807) is 13.2 Å². The van der Waals surface area contributed by atoms with Gasteiger partial charge < -0.3 is 19.5 Å². The number of nitrogens with zero attached hydrogens (tertiary/aromatic N) is 5. The molecule has 126 valence electrons. The molecule has 2 aliphatic rings. The second kappa shape index (κ2) is 6.10. The molecule has 2 aromatic heterocycles. The molecule has 1 fully saturated rings. The summed E-state index contributed by atoms with van der Waals surface area (Å²) in [7, 11) is 1.57. The molecule has 1 saturated carbocycles. The number of carbonyl (C=O) groups excluding carboxylic acids is 1. The zero-order valence-electron chi connectivity index (χ0n) is 13.6. The molecule has 1 aliphatic carbocycles. The lowest BCUT2D eigenvalue weighted by Crippen LogP contribution is -2.39. The van der Waals surface area contributed by atoms with Crippen LogP contribution >= 0.6 is 0 Å². The topological polar surface area (TPSA) is 85.2 Å². The number of aromatic nitrogens is 4. The maximum atomic E-state index is 12.2. The van der Waals surface area contributed by atoms with Gasteiger partial charge in [-0.15, -0.1) is 0 Å². The summed E-state index contributed by atoms with van der Waals surface area (Å²) in [5.74, 6) is 2.72. The van der Waals surface area contributed by atoms with E-state index < -0.39 is 0 Å². The zero-order chi connectivity index (χ0) is 16.5. The molecule has 3 heterocycles. The summed E-state index contributed by atoms with van der Waals surface area (Å²) in [6.45, 7) is 2.75. The van der Waals surface area contributed by atoms with Crippen LogP contribution in [0, 0.1) is 5.92 Å². The van der Waals surface area contributed by atoms with Crippen molar-refractivity contribution in [1.82, 2.24) is 24.4 Å². The maximum absolute atomic E-state index is 12.2. The molecule has 1 amide bonds. The highest BCUT2D eigenvalue weighted by Gasteiger charge is 2.35. The highest BCUT2D eigenvalue weighted by molar-refractivity contribution is 5.81. The Hall–Kier alpha value is -2.64. The first-order valence-corrected chi connectivity index (χ1v) is 8.16. The van der Waals surface area contributed by atoms with Crippen LogP contribution < -0.4 is 10.1 Å². The molecule has 8 nitrogen and oxygen atoms in total. The van der Waals surface area contributed by atoms with Gasteiger partial charge in [0.15, 0.2) is 0 Å². The van der Waals surface area contributed by atoms with Crippen LogP contribution in [0.25, 0.3) is 0 Å². The quantitative estimate of drug-likeness (QED) is 0.883. The van der Waals surface area contributed by atoms with Gasteiger partial charge in [0, 0.05) is 31.3 Å². The summed E-state index contributed by atoms with van der Waals surface area (Å²) in [6.07, 6.45) is 5.59. The van der Waals surface area contributed by atoms with Crippen molar-refractivity contribution in [1.29, 1.82) is 0 Å². The molecule has 4 rings (SSSR count). The highest BCUT2D eigenvalue weighted by Crippen LogP contribution is 2.32. The van der Waals surface area contributed by atoms with Gasteiger partial charge in [-0.25, -0.2) is 15.0 Å². The van der Waals surface area contributed by atoms with Crippen LogP contribution in [0.5, 0.6) is 5.88 Å². The lowest BCUT2D eigenvalue weighted by molar-refractivity contribution is -0.134. The van der Waals surface area contributed by atoms with Crippen LogP contribution in [0.4, 0.5) is 5.82 Å². The number of fused-ring (bicyclic) bond motifs is 1. The second-order valence-corrected chi connectivity index (χ2v) is 6.18. The molecule has 1 aliphatic heterocycles. The molecule has 0 bridgehead atoms. The van der Waals surface area contributed by atoms with Crippen molar-refractivity contribution in [2.24, 2.45) is 5.92 Å². The molecular weight excluding hydrogens is 308 g/mol. The summed E-state index contributed by atoms with van der Waals surface area (Å²) in [4.78, 5) is 26.9. The van der Waals surface area contributed by atoms with E-state index in [1.165, 1.54) is 6.33 Å². The van der Waals surface area contributed by atoms with Crippen molar-refractivity contribution in [3.8, 4) is 5.88 Å². The number of hydrogen-bond acceptors (Lipinski definition) is 6. The van der Waals surface area contributed by atoms with Crippen molar-refractivity contribution in [3.05, 3.63) is 30.1 Å². The van der Waals surface area contributed by atoms with Gasteiger partial charge in [-0.1, -0.05) is 0 Å². The Labute approximate surface area is 139 Å². The number of rotatable bonds is 5. The number of amides is 1. The summed E-state index contributed by atoms with van der Waals surface area (Å²) in [5.41, 5.74) is 0.934. The Morgan fingerprint density at radius 1 is 1.38 bits per heavy atom. The molecule has 8 heteroatoms. The molecular formula is C16H20N6O2. The second-order valence-electron chi connectivity index (χ2n) is 6.18. The van der Waals surface area contributed by atoms with Gasteiger partial charge in [0.25, 0.3) is 0 Å². The summed E-state index contributed by atoms with van der Waals surface area (Å²) in [6, 6.07) is 1.74.